The van der Waals surface area contributed by atoms with Gasteiger partial charge in [0.05, 0.1) is 11.1 Å². The van der Waals surface area contributed by atoms with E-state index in [-0.39, 0.29) is 12.3 Å². The van der Waals surface area contributed by atoms with Crippen molar-refractivity contribution in [3.05, 3.63) is 40.3 Å². The Morgan fingerprint density at radius 2 is 2.17 bits per heavy atom. The molecule has 0 bridgehead atoms. The van der Waals surface area contributed by atoms with Gasteiger partial charge in [0, 0.05) is 13.0 Å². The van der Waals surface area contributed by atoms with Gasteiger partial charge in [0.2, 0.25) is 0 Å². The third kappa shape index (κ3) is 4.61. The van der Waals surface area contributed by atoms with E-state index >= 15 is 0 Å². The number of carbonyl (C=O) groups excluding carboxylic acids is 1. The first-order valence-electron chi connectivity index (χ1n) is 6.97. The average Bonchev–Trinajstić information content (AvgIpc) is 2.74. The number of hydrogen-bond donors (Lipinski definition) is 3. The highest BCUT2D eigenvalue weighted by molar-refractivity contribution is 8.26. The molecule has 23 heavy (non-hydrogen) atoms. The second-order valence-electron chi connectivity index (χ2n) is 5.03. The summed E-state index contributed by atoms with van der Waals surface area (Å²) in [4.78, 5) is 24.9. The summed E-state index contributed by atoms with van der Waals surface area (Å²) in [6.07, 6.45) is 1.54. The fraction of sp³-hybridized carbons (Fsp3) is 0.267. The Balaban J connectivity index is 2.12. The van der Waals surface area contributed by atoms with Gasteiger partial charge in [-0.3, -0.25) is 14.5 Å². The summed E-state index contributed by atoms with van der Waals surface area (Å²) in [5.74, 6) is -1.09. The van der Waals surface area contributed by atoms with Gasteiger partial charge in [0.1, 0.15) is 4.32 Å². The Bertz CT molecular complexity index is 674. The van der Waals surface area contributed by atoms with Crippen molar-refractivity contribution < 1.29 is 14.7 Å². The fourth-order valence-electron chi connectivity index (χ4n) is 2.09. The normalized spacial score (nSPS) is 16.7. The molecular weight excluding hydrogens is 334 g/mol. The maximum atomic E-state index is 12.4. The van der Waals surface area contributed by atoms with Crippen LogP contribution in [0.25, 0.3) is 6.08 Å². The lowest BCUT2D eigenvalue weighted by molar-refractivity contribution is -0.137. The van der Waals surface area contributed by atoms with Crippen LogP contribution in [0.1, 0.15) is 30.1 Å². The van der Waals surface area contributed by atoms with Gasteiger partial charge in [-0.2, -0.15) is 0 Å². The molecule has 1 amide bonds. The Kier molecular flexibility index (Phi) is 5.89. The minimum absolute atomic E-state index is 0.00649. The average molecular weight is 351 g/mol. The molecule has 1 aliphatic rings. The first-order valence-corrected chi connectivity index (χ1v) is 8.19. The number of carbonyl (C=O) groups is 2. The molecule has 8 heteroatoms. The van der Waals surface area contributed by atoms with Crippen molar-refractivity contribution in [3.8, 4) is 0 Å². The molecule has 1 heterocycles. The highest BCUT2D eigenvalue weighted by atomic mass is 32.2. The predicted octanol–water partition coefficient (Wildman–Crippen LogP) is 1.67. The third-order valence-electron chi connectivity index (χ3n) is 3.24. The Morgan fingerprint density at radius 3 is 2.83 bits per heavy atom. The minimum atomic E-state index is -0.888. The van der Waals surface area contributed by atoms with Crippen LogP contribution >= 0.6 is 24.0 Å². The summed E-state index contributed by atoms with van der Waals surface area (Å²) in [6.45, 7) is 0.308. The molecule has 1 fully saturated rings. The fourth-order valence-corrected chi connectivity index (χ4v) is 3.40. The summed E-state index contributed by atoms with van der Waals surface area (Å²) in [5.41, 5.74) is 12.9. The lowest BCUT2D eigenvalue weighted by atomic mass is 10.1. The number of thioether (sulfide) groups is 1. The summed E-state index contributed by atoms with van der Waals surface area (Å²) < 4.78 is 0.443. The standard InChI is InChI=1S/C15H17N3O3S2/c16-13(17)10-4-1-3-9(7-10)8-11-14(21)18(15(22)23-11)6-2-5-12(19)20/h1,3-4,7-8,13H,2,5-6,16-17H2,(H,19,20)/b11-8-. The van der Waals surface area contributed by atoms with Crippen molar-refractivity contribution in [1.82, 2.24) is 4.90 Å². The molecule has 0 radical (unpaired) electrons. The molecule has 5 N–H and O–H groups in total. The molecule has 0 aromatic heterocycles. The number of thiocarbonyl (C=S) groups is 1. The second kappa shape index (κ2) is 7.69. The quantitative estimate of drug-likeness (QED) is 0.406. The number of benzene rings is 1. The first-order chi connectivity index (χ1) is 10.9. The SMILES string of the molecule is NC(N)c1cccc(/C=C2\SC(=S)N(CCCC(=O)O)C2=O)c1. The van der Waals surface area contributed by atoms with Crippen molar-refractivity contribution in [3.63, 3.8) is 0 Å². The van der Waals surface area contributed by atoms with Crippen LogP contribution in [0.2, 0.25) is 0 Å². The van der Waals surface area contributed by atoms with Crippen LogP contribution in [0.3, 0.4) is 0 Å². The van der Waals surface area contributed by atoms with Crippen molar-refractivity contribution in [2.24, 2.45) is 11.5 Å². The van der Waals surface area contributed by atoms with Crippen LogP contribution in [0.4, 0.5) is 0 Å². The van der Waals surface area contributed by atoms with Crippen LogP contribution < -0.4 is 11.5 Å². The lowest BCUT2D eigenvalue weighted by Gasteiger charge is -2.13. The smallest absolute Gasteiger partial charge is 0.303 e. The molecule has 1 aromatic rings. The number of carboxylic acid groups (broad SMARTS) is 1. The van der Waals surface area contributed by atoms with Gasteiger partial charge < -0.3 is 16.6 Å². The van der Waals surface area contributed by atoms with Crippen molar-refractivity contribution >= 4 is 46.3 Å². The highest BCUT2D eigenvalue weighted by Gasteiger charge is 2.31. The summed E-state index contributed by atoms with van der Waals surface area (Å²) in [6, 6.07) is 7.31. The molecule has 1 aliphatic heterocycles. The number of aliphatic carboxylic acids is 1. The van der Waals surface area contributed by atoms with Crippen LogP contribution in [-0.2, 0) is 9.59 Å². The third-order valence-corrected chi connectivity index (χ3v) is 4.62. The monoisotopic (exact) mass is 351 g/mol. The van der Waals surface area contributed by atoms with E-state index in [0.717, 1.165) is 11.1 Å². The molecule has 0 spiro atoms. The zero-order chi connectivity index (χ0) is 17.0. The lowest BCUT2D eigenvalue weighted by Crippen LogP contribution is -2.29. The number of hydrogen-bond acceptors (Lipinski definition) is 6. The van der Waals surface area contributed by atoms with E-state index in [1.54, 1.807) is 6.08 Å². The summed E-state index contributed by atoms with van der Waals surface area (Å²) in [7, 11) is 0. The Morgan fingerprint density at radius 1 is 1.43 bits per heavy atom. The molecule has 0 saturated carbocycles. The zero-order valence-corrected chi connectivity index (χ0v) is 13.9. The van der Waals surface area contributed by atoms with Crippen LogP contribution in [0.15, 0.2) is 29.2 Å². The Hall–Kier alpha value is -1.74. The molecule has 2 rings (SSSR count). The highest BCUT2D eigenvalue weighted by Crippen LogP contribution is 2.32. The Labute approximate surface area is 143 Å². The molecule has 1 aromatic carbocycles. The first kappa shape index (κ1) is 17.6. The van der Waals surface area contributed by atoms with Gasteiger partial charge in [0.15, 0.2) is 0 Å². The maximum Gasteiger partial charge on any atom is 0.303 e. The van der Waals surface area contributed by atoms with Gasteiger partial charge in [-0.25, -0.2) is 0 Å². The second-order valence-corrected chi connectivity index (χ2v) is 6.70. The van der Waals surface area contributed by atoms with E-state index in [1.165, 1.54) is 16.7 Å². The molecule has 6 nitrogen and oxygen atoms in total. The molecule has 122 valence electrons. The van der Waals surface area contributed by atoms with E-state index in [0.29, 0.717) is 22.2 Å². The molecule has 0 atom stereocenters. The molecule has 1 saturated heterocycles. The maximum absolute atomic E-state index is 12.4. The van der Waals surface area contributed by atoms with Gasteiger partial charge in [-0.15, -0.1) is 0 Å². The minimum Gasteiger partial charge on any atom is -0.481 e. The van der Waals surface area contributed by atoms with Gasteiger partial charge in [0.25, 0.3) is 5.91 Å². The molecule has 0 unspecified atom stereocenters. The molecule has 0 aliphatic carbocycles. The van der Waals surface area contributed by atoms with Gasteiger partial charge >= 0.3 is 5.97 Å². The largest absolute Gasteiger partial charge is 0.481 e. The van der Waals surface area contributed by atoms with Crippen molar-refractivity contribution in [1.29, 1.82) is 0 Å². The number of nitrogens with zero attached hydrogens (tertiary/aromatic N) is 1. The van der Waals surface area contributed by atoms with E-state index < -0.39 is 12.1 Å². The van der Waals surface area contributed by atoms with E-state index in [2.05, 4.69) is 0 Å². The number of carboxylic acids is 1. The van der Waals surface area contributed by atoms with E-state index in [1.807, 2.05) is 24.3 Å². The van der Waals surface area contributed by atoms with Crippen LogP contribution in [-0.4, -0.2) is 32.7 Å². The number of nitrogens with two attached hydrogens (primary N) is 2. The van der Waals surface area contributed by atoms with E-state index in [4.69, 9.17) is 28.8 Å². The van der Waals surface area contributed by atoms with Gasteiger partial charge in [-0.1, -0.05) is 42.2 Å². The number of amides is 1. The van der Waals surface area contributed by atoms with Crippen molar-refractivity contribution in [2.75, 3.05) is 6.54 Å². The van der Waals surface area contributed by atoms with Crippen molar-refractivity contribution in [2.45, 2.75) is 19.0 Å². The number of rotatable bonds is 6. The van der Waals surface area contributed by atoms with Gasteiger partial charge in [-0.05, 0) is 29.7 Å². The molecular formula is C15H17N3O3S2. The summed E-state index contributed by atoms with van der Waals surface area (Å²) in [5, 5.41) is 8.66. The van der Waals surface area contributed by atoms with Crippen LogP contribution in [0, 0.1) is 0 Å². The summed E-state index contributed by atoms with van der Waals surface area (Å²) >= 11 is 6.41. The predicted molar refractivity (Wildman–Crippen MR) is 94.3 cm³/mol. The zero-order valence-electron chi connectivity index (χ0n) is 12.3. The van der Waals surface area contributed by atoms with Crippen LogP contribution in [0.5, 0.6) is 0 Å². The topological polar surface area (TPSA) is 110 Å². The van der Waals surface area contributed by atoms with E-state index in [9.17, 15) is 9.59 Å².